The standard InChI is InChI=1S/C34H64N6O9/c1-12-34(11,33(48)49)40-32(47)29(20(8)9)39-31(46)28(19(6)7)38-27(44)16-25(42)23(14-18(4)5)37-30(45)21(10)36-26(43)15-24(41)22(35)13-17(2)3/h17-25,28-29,41-42H,12-16,35H2,1-11H3,(H,36,43)(H,37,45)(H,38,44)(H,39,46)(H,40,47)(H,48,49)/t21-,22-,23-,24-,25-,28-,29-,34?/m0/s1. The van der Waals surface area contributed by atoms with E-state index in [9.17, 15) is 44.1 Å². The van der Waals surface area contributed by atoms with Gasteiger partial charge in [0.15, 0.2) is 0 Å². The Balaban J connectivity index is 5.55. The van der Waals surface area contributed by atoms with E-state index in [2.05, 4.69) is 26.6 Å². The molecule has 0 bridgehead atoms. The third kappa shape index (κ3) is 16.3. The topological polar surface area (TPSA) is 249 Å². The van der Waals surface area contributed by atoms with E-state index < -0.39 is 102 Å². The normalized spacial score (nSPS) is 17.3. The minimum Gasteiger partial charge on any atom is -0.480 e. The average Bonchev–Trinajstić information content (AvgIpc) is 2.96. The molecule has 1 unspecified atom stereocenters. The predicted octanol–water partition coefficient (Wildman–Crippen LogP) is 0.549. The van der Waals surface area contributed by atoms with Crippen LogP contribution in [-0.4, -0.2) is 98.8 Å². The van der Waals surface area contributed by atoms with E-state index in [4.69, 9.17) is 5.73 Å². The summed E-state index contributed by atoms with van der Waals surface area (Å²) in [6.45, 7) is 18.9. The van der Waals surface area contributed by atoms with Gasteiger partial charge in [-0.1, -0.05) is 62.3 Å². The molecule has 0 aliphatic heterocycles. The lowest BCUT2D eigenvalue weighted by Gasteiger charge is -2.31. The Kier molecular flexibility index (Phi) is 19.6. The SMILES string of the molecule is CCC(C)(NC(=O)[C@@H](NC(=O)[C@@H](NC(=O)C[C@H](O)[C@H](CC(C)C)NC(=O)[C@H](C)NC(=O)C[C@H](O)[C@@H](N)CC(C)C)C(C)C)C(C)C)C(=O)O. The highest BCUT2D eigenvalue weighted by Crippen LogP contribution is 2.15. The summed E-state index contributed by atoms with van der Waals surface area (Å²) in [5.41, 5.74) is 4.42. The number of nitrogens with two attached hydrogens (primary N) is 1. The van der Waals surface area contributed by atoms with Crippen molar-refractivity contribution in [2.24, 2.45) is 29.4 Å². The maximum atomic E-state index is 13.3. The highest BCUT2D eigenvalue weighted by Gasteiger charge is 2.38. The molecular formula is C34H64N6O9. The van der Waals surface area contributed by atoms with Gasteiger partial charge in [-0.15, -0.1) is 0 Å². The van der Waals surface area contributed by atoms with Crippen molar-refractivity contribution < 1.29 is 44.1 Å². The van der Waals surface area contributed by atoms with E-state index >= 15 is 0 Å². The molecule has 15 heteroatoms. The van der Waals surface area contributed by atoms with Crippen LogP contribution in [0.1, 0.15) is 108 Å². The van der Waals surface area contributed by atoms with Gasteiger partial charge in [0, 0.05) is 6.04 Å². The Hall–Kier alpha value is -3.30. The molecule has 0 spiro atoms. The van der Waals surface area contributed by atoms with Crippen LogP contribution in [0.3, 0.4) is 0 Å². The Labute approximate surface area is 291 Å². The molecule has 0 saturated carbocycles. The Morgan fingerprint density at radius 1 is 0.653 bits per heavy atom. The molecule has 0 aromatic heterocycles. The van der Waals surface area contributed by atoms with Gasteiger partial charge in [-0.05, 0) is 56.8 Å². The molecule has 0 aromatic rings. The molecule has 0 aliphatic rings. The quantitative estimate of drug-likeness (QED) is 0.0759. The second-order valence-corrected chi connectivity index (χ2v) is 14.9. The van der Waals surface area contributed by atoms with Crippen molar-refractivity contribution in [3.8, 4) is 0 Å². The Bertz CT molecular complexity index is 1120. The molecule has 0 radical (unpaired) electrons. The summed E-state index contributed by atoms with van der Waals surface area (Å²) in [6, 6.07) is -4.66. The summed E-state index contributed by atoms with van der Waals surface area (Å²) < 4.78 is 0. The van der Waals surface area contributed by atoms with E-state index in [1.54, 1.807) is 34.6 Å². The van der Waals surface area contributed by atoms with Gasteiger partial charge in [0.2, 0.25) is 29.5 Å². The van der Waals surface area contributed by atoms with Crippen molar-refractivity contribution in [1.82, 2.24) is 26.6 Å². The number of hydrogen-bond donors (Lipinski definition) is 9. The van der Waals surface area contributed by atoms with Crippen LogP contribution in [0, 0.1) is 23.7 Å². The molecular weight excluding hydrogens is 636 g/mol. The second-order valence-electron chi connectivity index (χ2n) is 14.9. The zero-order valence-electron chi connectivity index (χ0n) is 31.3. The first-order valence-electron chi connectivity index (χ1n) is 17.3. The van der Waals surface area contributed by atoms with Gasteiger partial charge in [-0.3, -0.25) is 24.0 Å². The van der Waals surface area contributed by atoms with E-state index in [0.717, 1.165) is 0 Å². The number of aliphatic hydroxyl groups excluding tert-OH is 2. The molecule has 0 aromatic carbocycles. The van der Waals surface area contributed by atoms with Gasteiger partial charge in [0.25, 0.3) is 0 Å². The highest BCUT2D eigenvalue weighted by molar-refractivity contribution is 5.94. The molecule has 0 fully saturated rings. The van der Waals surface area contributed by atoms with E-state index in [1.807, 2.05) is 27.7 Å². The molecule has 10 N–H and O–H groups in total. The lowest BCUT2D eigenvalue weighted by atomic mass is 9.95. The summed E-state index contributed by atoms with van der Waals surface area (Å²) in [4.78, 5) is 76.7. The maximum Gasteiger partial charge on any atom is 0.329 e. The van der Waals surface area contributed by atoms with Crippen molar-refractivity contribution in [2.45, 2.75) is 156 Å². The first kappa shape index (κ1) is 45.7. The molecule has 0 heterocycles. The Morgan fingerprint density at radius 3 is 1.57 bits per heavy atom. The smallest absolute Gasteiger partial charge is 0.329 e. The van der Waals surface area contributed by atoms with Crippen molar-refractivity contribution in [3.63, 3.8) is 0 Å². The molecule has 0 saturated heterocycles. The number of aliphatic carboxylic acids is 1. The van der Waals surface area contributed by atoms with Crippen LogP contribution in [-0.2, 0) is 28.8 Å². The summed E-state index contributed by atoms with van der Waals surface area (Å²) in [5.74, 6) is -4.99. The number of nitrogens with one attached hydrogen (secondary N) is 5. The summed E-state index contributed by atoms with van der Waals surface area (Å²) in [7, 11) is 0. The molecule has 49 heavy (non-hydrogen) atoms. The van der Waals surface area contributed by atoms with Gasteiger partial charge < -0.3 is 47.6 Å². The first-order valence-corrected chi connectivity index (χ1v) is 17.3. The molecule has 8 atom stereocenters. The minimum absolute atomic E-state index is 0.00879. The van der Waals surface area contributed by atoms with Crippen molar-refractivity contribution >= 4 is 35.5 Å². The number of carboxylic acid groups (broad SMARTS) is 1. The summed E-state index contributed by atoms with van der Waals surface area (Å²) in [6.07, 6.45) is -2.23. The van der Waals surface area contributed by atoms with Gasteiger partial charge in [-0.2, -0.15) is 0 Å². The number of carbonyl (C=O) groups excluding carboxylic acids is 5. The maximum absolute atomic E-state index is 13.3. The summed E-state index contributed by atoms with van der Waals surface area (Å²) >= 11 is 0. The zero-order chi connectivity index (χ0) is 38.4. The fourth-order valence-electron chi connectivity index (χ4n) is 5.06. The number of aliphatic hydroxyl groups is 2. The van der Waals surface area contributed by atoms with Crippen molar-refractivity contribution in [3.05, 3.63) is 0 Å². The molecule has 284 valence electrons. The molecule has 15 nitrogen and oxygen atoms in total. The zero-order valence-corrected chi connectivity index (χ0v) is 31.3. The fraction of sp³-hybridized carbons (Fsp3) is 0.824. The fourth-order valence-corrected chi connectivity index (χ4v) is 5.06. The number of amides is 5. The second kappa shape index (κ2) is 21.0. The van der Waals surface area contributed by atoms with E-state index in [-0.39, 0.29) is 24.7 Å². The molecule has 0 aliphatic carbocycles. The third-order valence-electron chi connectivity index (χ3n) is 8.41. The first-order chi connectivity index (χ1) is 22.4. The number of rotatable bonds is 22. The van der Waals surface area contributed by atoms with Crippen LogP contribution in [0.2, 0.25) is 0 Å². The number of carboxylic acids is 1. The van der Waals surface area contributed by atoms with Crippen LogP contribution < -0.4 is 32.3 Å². The molecule has 5 amide bonds. The van der Waals surface area contributed by atoms with Gasteiger partial charge in [0.05, 0.1) is 31.1 Å². The summed E-state index contributed by atoms with van der Waals surface area (Å²) in [5, 5.41) is 43.8. The van der Waals surface area contributed by atoms with Gasteiger partial charge in [0.1, 0.15) is 23.7 Å². The van der Waals surface area contributed by atoms with Crippen LogP contribution in [0.15, 0.2) is 0 Å². The van der Waals surface area contributed by atoms with Crippen LogP contribution >= 0.6 is 0 Å². The lowest BCUT2D eigenvalue weighted by Crippen LogP contribution is -2.61. The monoisotopic (exact) mass is 700 g/mol. The van der Waals surface area contributed by atoms with Gasteiger partial charge >= 0.3 is 5.97 Å². The van der Waals surface area contributed by atoms with Gasteiger partial charge in [-0.25, -0.2) is 4.79 Å². The van der Waals surface area contributed by atoms with Crippen molar-refractivity contribution in [1.29, 1.82) is 0 Å². The predicted molar refractivity (Wildman–Crippen MR) is 186 cm³/mol. The minimum atomic E-state index is -1.54. The number of hydrogen-bond acceptors (Lipinski definition) is 9. The number of carbonyl (C=O) groups is 6. The van der Waals surface area contributed by atoms with Crippen LogP contribution in [0.4, 0.5) is 0 Å². The average molecular weight is 701 g/mol. The van der Waals surface area contributed by atoms with Crippen LogP contribution in [0.25, 0.3) is 0 Å². The lowest BCUT2D eigenvalue weighted by molar-refractivity contribution is -0.147. The molecule has 0 rings (SSSR count). The highest BCUT2D eigenvalue weighted by atomic mass is 16.4. The largest absolute Gasteiger partial charge is 0.480 e. The van der Waals surface area contributed by atoms with E-state index in [0.29, 0.717) is 12.8 Å². The van der Waals surface area contributed by atoms with E-state index in [1.165, 1.54) is 13.8 Å². The van der Waals surface area contributed by atoms with Crippen LogP contribution in [0.5, 0.6) is 0 Å². The van der Waals surface area contributed by atoms with Crippen molar-refractivity contribution in [2.75, 3.05) is 0 Å². The third-order valence-corrected chi connectivity index (χ3v) is 8.41. The Morgan fingerprint density at radius 2 is 1.12 bits per heavy atom.